The third-order valence-corrected chi connectivity index (χ3v) is 5.57. The first-order valence-corrected chi connectivity index (χ1v) is 9.39. The van der Waals surface area contributed by atoms with Gasteiger partial charge in [-0.25, -0.2) is 9.97 Å². The molecule has 0 radical (unpaired) electrons. The van der Waals surface area contributed by atoms with E-state index in [1.165, 1.54) is 5.56 Å². The molecule has 0 unspecified atom stereocenters. The van der Waals surface area contributed by atoms with Crippen molar-refractivity contribution in [2.75, 3.05) is 18.1 Å². The highest BCUT2D eigenvalue weighted by Gasteiger charge is 2.26. The Morgan fingerprint density at radius 2 is 2.00 bits per heavy atom. The molecule has 124 valence electrons. The highest BCUT2D eigenvalue weighted by molar-refractivity contribution is 7.99. The molecule has 0 saturated carbocycles. The molecule has 3 heterocycles. The second-order valence-corrected chi connectivity index (χ2v) is 7.40. The summed E-state index contributed by atoms with van der Waals surface area (Å²) in [6, 6.07) is 8.48. The monoisotopic (exact) mass is 339 g/mol. The third-order valence-electron chi connectivity index (χ3n) is 4.54. The number of rotatable bonds is 3. The van der Waals surface area contributed by atoms with E-state index >= 15 is 0 Å². The Bertz CT molecular complexity index is 859. The van der Waals surface area contributed by atoms with Crippen LogP contribution in [0.4, 0.5) is 0 Å². The van der Waals surface area contributed by atoms with Gasteiger partial charge >= 0.3 is 0 Å². The first kappa shape index (κ1) is 15.6. The molecule has 5 nitrogen and oxygen atoms in total. The molecule has 4 rings (SSSR count). The Hall–Kier alpha value is -1.92. The largest absolute Gasteiger partial charge is 0.289 e. The fraction of sp³-hybridized carbons (Fsp3) is 0.389. The highest BCUT2D eigenvalue weighted by atomic mass is 32.2. The van der Waals surface area contributed by atoms with Crippen molar-refractivity contribution in [3.63, 3.8) is 0 Å². The van der Waals surface area contributed by atoms with Gasteiger partial charge in [0.1, 0.15) is 0 Å². The number of hydrogen-bond donors (Lipinski definition) is 0. The lowest BCUT2D eigenvalue weighted by atomic mass is 10.1. The molecule has 24 heavy (non-hydrogen) atoms. The average molecular weight is 339 g/mol. The number of nitrogens with zero attached hydrogens (tertiary/aromatic N) is 5. The first-order valence-electron chi connectivity index (χ1n) is 8.23. The summed E-state index contributed by atoms with van der Waals surface area (Å²) < 4.78 is 1.88. The van der Waals surface area contributed by atoms with Crippen LogP contribution in [0.2, 0.25) is 0 Å². The molecule has 0 aliphatic carbocycles. The minimum atomic E-state index is 0.394. The molecular formula is C18H21N5S. The predicted octanol–water partition coefficient (Wildman–Crippen LogP) is 2.96. The van der Waals surface area contributed by atoms with Crippen LogP contribution < -0.4 is 0 Å². The predicted molar refractivity (Wildman–Crippen MR) is 98.0 cm³/mol. The Balaban J connectivity index is 1.64. The molecule has 0 N–H and O–H groups in total. The van der Waals surface area contributed by atoms with E-state index in [0.717, 1.165) is 47.0 Å². The topological polar surface area (TPSA) is 46.8 Å². The molecular weight excluding hydrogens is 318 g/mol. The van der Waals surface area contributed by atoms with Crippen molar-refractivity contribution in [1.29, 1.82) is 0 Å². The molecule has 6 heteroatoms. The molecule has 0 spiro atoms. The van der Waals surface area contributed by atoms with Crippen LogP contribution >= 0.6 is 11.8 Å². The van der Waals surface area contributed by atoms with E-state index in [2.05, 4.69) is 23.1 Å². The number of aromatic nitrogens is 4. The summed E-state index contributed by atoms with van der Waals surface area (Å²) in [5.74, 6) is 2.27. The van der Waals surface area contributed by atoms with Crippen molar-refractivity contribution in [3.05, 3.63) is 53.6 Å². The van der Waals surface area contributed by atoms with Crippen LogP contribution in [0.5, 0.6) is 0 Å². The lowest BCUT2D eigenvalue weighted by Gasteiger charge is -2.34. The number of benzene rings is 1. The van der Waals surface area contributed by atoms with Gasteiger partial charge in [0.15, 0.2) is 0 Å². The van der Waals surface area contributed by atoms with Gasteiger partial charge in [0.05, 0.1) is 28.6 Å². The average Bonchev–Trinajstić information content (AvgIpc) is 3.02. The standard InChI is InChI=1S/C18H21N5S/c1-13-17(21-16-6-4-3-5-15(16)20-13)11-23-7-8-24-12-18(23)14-9-19-22(2)10-14/h3-6,9-10,18H,7-8,11-12H2,1-2H3/t18-/m1/s1. The van der Waals surface area contributed by atoms with Gasteiger partial charge < -0.3 is 0 Å². The van der Waals surface area contributed by atoms with Gasteiger partial charge in [-0.05, 0) is 19.1 Å². The highest BCUT2D eigenvalue weighted by Crippen LogP contribution is 2.30. The summed E-state index contributed by atoms with van der Waals surface area (Å²) in [6.45, 7) is 3.97. The quantitative estimate of drug-likeness (QED) is 0.734. The second-order valence-electron chi connectivity index (χ2n) is 6.25. The van der Waals surface area contributed by atoms with E-state index < -0.39 is 0 Å². The van der Waals surface area contributed by atoms with E-state index in [0.29, 0.717) is 6.04 Å². The molecule has 0 bridgehead atoms. The molecule has 1 atom stereocenters. The second kappa shape index (κ2) is 6.53. The molecule has 3 aromatic rings. The number of para-hydroxylation sites is 2. The Morgan fingerprint density at radius 1 is 1.21 bits per heavy atom. The summed E-state index contributed by atoms with van der Waals surface area (Å²) >= 11 is 2.01. The van der Waals surface area contributed by atoms with Gasteiger partial charge in [-0.3, -0.25) is 9.58 Å². The number of aryl methyl sites for hydroxylation is 2. The van der Waals surface area contributed by atoms with Crippen LogP contribution in [0, 0.1) is 6.92 Å². The maximum Gasteiger partial charge on any atom is 0.0890 e. The zero-order valence-electron chi connectivity index (χ0n) is 14.0. The van der Waals surface area contributed by atoms with Crippen LogP contribution in [0.15, 0.2) is 36.7 Å². The molecule has 1 saturated heterocycles. The normalized spacial score (nSPS) is 19.0. The van der Waals surface area contributed by atoms with Crippen LogP contribution in [0.25, 0.3) is 11.0 Å². The lowest BCUT2D eigenvalue weighted by Crippen LogP contribution is -2.36. The van der Waals surface area contributed by atoms with Crippen molar-refractivity contribution in [3.8, 4) is 0 Å². The van der Waals surface area contributed by atoms with E-state index in [-0.39, 0.29) is 0 Å². The Labute approximate surface area is 146 Å². The van der Waals surface area contributed by atoms with E-state index in [1.54, 1.807) is 0 Å². The van der Waals surface area contributed by atoms with Crippen LogP contribution in [0.1, 0.15) is 23.0 Å². The van der Waals surface area contributed by atoms with Crippen molar-refractivity contribution in [2.24, 2.45) is 7.05 Å². The molecule has 1 aliphatic heterocycles. The van der Waals surface area contributed by atoms with Crippen LogP contribution in [-0.4, -0.2) is 42.7 Å². The van der Waals surface area contributed by atoms with Gasteiger partial charge in [0.2, 0.25) is 0 Å². The van der Waals surface area contributed by atoms with Crippen molar-refractivity contribution in [1.82, 2.24) is 24.6 Å². The van der Waals surface area contributed by atoms with E-state index in [9.17, 15) is 0 Å². The fourth-order valence-corrected chi connectivity index (χ4v) is 4.37. The smallest absolute Gasteiger partial charge is 0.0890 e. The third kappa shape index (κ3) is 3.03. The van der Waals surface area contributed by atoms with Crippen molar-refractivity contribution < 1.29 is 0 Å². The van der Waals surface area contributed by atoms with Gasteiger partial charge in [0, 0.05) is 49.4 Å². The van der Waals surface area contributed by atoms with Crippen LogP contribution in [0.3, 0.4) is 0 Å². The molecule has 1 aromatic carbocycles. The minimum absolute atomic E-state index is 0.394. The molecule has 0 amide bonds. The van der Waals surface area contributed by atoms with Gasteiger partial charge in [-0.15, -0.1) is 0 Å². The van der Waals surface area contributed by atoms with Gasteiger partial charge in [-0.1, -0.05) is 12.1 Å². The Morgan fingerprint density at radius 3 is 2.75 bits per heavy atom. The van der Waals surface area contributed by atoms with E-state index in [4.69, 9.17) is 9.97 Å². The van der Waals surface area contributed by atoms with Crippen molar-refractivity contribution in [2.45, 2.75) is 19.5 Å². The molecule has 2 aromatic heterocycles. The summed E-state index contributed by atoms with van der Waals surface area (Å²) in [7, 11) is 1.97. The SMILES string of the molecule is Cc1nc2ccccc2nc1CN1CCSC[C@@H]1c1cnn(C)c1. The maximum absolute atomic E-state index is 4.87. The van der Waals surface area contributed by atoms with Gasteiger partial charge in [-0.2, -0.15) is 16.9 Å². The molecule has 1 fully saturated rings. The summed E-state index contributed by atoms with van der Waals surface area (Å²) in [4.78, 5) is 12.1. The zero-order valence-corrected chi connectivity index (χ0v) is 14.8. The molecule has 1 aliphatic rings. The summed E-state index contributed by atoms with van der Waals surface area (Å²) in [5.41, 5.74) is 5.33. The van der Waals surface area contributed by atoms with E-state index in [1.807, 2.05) is 54.0 Å². The summed E-state index contributed by atoms with van der Waals surface area (Å²) in [6.07, 6.45) is 4.12. The number of thioether (sulfide) groups is 1. The number of fused-ring (bicyclic) bond motifs is 1. The summed E-state index contributed by atoms with van der Waals surface area (Å²) in [5, 5.41) is 4.34. The lowest BCUT2D eigenvalue weighted by molar-refractivity contribution is 0.209. The fourth-order valence-electron chi connectivity index (χ4n) is 3.21. The Kier molecular flexibility index (Phi) is 4.24. The first-order chi connectivity index (χ1) is 11.7. The zero-order chi connectivity index (χ0) is 16.5. The number of hydrogen-bond acceptors (Lipinski definition) is 5. The minimum Gasteiger partial charge on any atom is -0.289 e. The van der Waals surface area contributed by atoms with Crippen molar-refractivity contribution >= 4 is 22.8 Å². The van der Waals surface area contributed by atoms with Crippen LogP contribution in [-0.2, 0) is 13.6 Å². The van der Waals surface area contributed by atoms with Gasteiger partial charge in [0.25, 0.3) is 0 Å². The maximum atomic E-state index is 4.87.